The first-order chi connectivity index (χ1) is 14.6. The Hall–Kier alpha value is -1.37. The van der Waals surface area contributed by atoms with Crippen LogP contribution in [0.5, 0.6) is 0 Å². The zero-order valence-corrected chi connectivity index (χ0v) is 17.6. The molecule has 2 fully saturated rings. The van der Waals surface area contributed by atoms with E-state index in [1.165, 1.54) is 6.92 Å². The van der Waals surface area contributed by atoms with Gasteiger partial charge in [0.1, 0.15) is 30.5 Å². The first kappa shape index (κ1) is 24.3. The van der Waals surface area contributed by atoms with Gasteiger partial charge in [0.25, 0.3) is 0 Å². The summed E-state index contributed by atoms with van der Waals surface area (Å²) in [6.07, 6.45) is -3.77. The van der Waals surface area contributed by atoms with Crippen molar-refractivity contribution in [1.82, 2.24) is 0 Å². The van der Waals surface area contributed by atoms with Crippen LogP contribution in [-0.2, 0) is 19.0 Å². The van der Waals surface area contributed by atoms with Crippen LogP contribution < -0.4 is 0 Å². The first-order valence-electron chi connectivity index (χ1n) is 10.5. The van der Waals surface area contributed by atoms with Crippen molar-refractivity contribution in [3.05, 3.63) is 23.3 Å². The minimum atomic E-state index is -1.66. The Morgan fingerprint density at radius 2 is 1.90 bits per heavy atom. The van der Waals surface area contributed by atoms with E-state index in [4.69, 9.17) is 14.2 Å². The SMILES string of the molecule is C/C1=C\[C@H]2OC(=O)[C@](C)(O)[C@@H]2CC/C(CO)=C\C[C@@H]1O[C@@H]1O[C@H](CO)[C@@H](O)[C@H](O)[C@H]1O. The lowest BCUT2D eigenvalue weighted by atomic mass is 9.81. The zero-order valence-electron chi connectivity index (χ0n) is 17.6. The number of carbonyl (C=O) groups is 1. The molecular formula is C21H32O10. The van der Waals surface area contributed by atoms with Crippen molar-refractivity contribution in [2.45, 2.75) is 81.6 Å². The summed E-state index contributed by atoms with van der Waals surface area (Å²) in [6.45, 7) is 2.37. The predicted octanol–water partition coefficient (Wildman–Crippen LogP) is -1.49. The van der Waals surface area contributed by atoms with Crippen LogP contribution in [0.3, 0.4) is 0 Å². The molecule has 2 saturated heterocycles. The smallest absolute Gasteiger partial charge is 0.338 e. The number of fused-ring (bicyclic) bond motifs is 1. The highest BCUT2D eigenvalue weighted by atomic mass is 16.7. The lowest BCUT2D eigenvalue weighted by Crippen LogP contribution is -2.59. The molecule has 9 atom stereocenters. The number of aliphatic hydroxyl groups excluding tert-OH is 5. The minimum Gasteiger partial charge on any atom is -0.456 e. The molecule has 6 N–H and O–H groups in total. The van der Waals surface area contributed by atoms with E-state index >= 15 is 0 Å². The largest absolute Gasteiger partial charge is 0.456 e. The molecule has 3 aliphatic rings. The van der Waals surface area contributed by atoms with E-state index in [1.54, 1.807) is 19.1 Å². The third-order valence-corrected chi connectivity index (χ3v) is 6.46. The highest BCUT2D eigenvalue weighted by Crippen LogP contribution is 2.38. The summed E-state index contributed by atoms with van der Waals surface area (Å²) < 4.78 is 16.7. The van der Waals surface area contributed by atoms with Gasteiger partial charge in [0.05, 0.1) is 19.3 Å². The molecule has 0 spiro atoms. The van der Waals surface area contributed by atoms with E-state index in [9.17, 15) is 35.4 Å². The van der Waals surface area contributed by atoms with Gasteiger partial charge in [0.15, 0.2) is 11.9 Å². The molecule has 1 aliphatic carbocycles. The van der Waals surface area contributed by atoms with Crippen molar-refractivity contribution >= 4 is 5.97 Å². The molecule has 2 heterocycles. The van der Waals surface area contributed by atoms with Crippen molar-refractivity contribution < 1.29 is 49.6 Å². The summed E-state index contributed by atoms with van der Waals surface area (Å²) in [7, 11) is 0. The topological polar surface area (TPSA) is 166 Å². The average molecular weight is 444 g/mol. The maximum Gasteiger partial charge on any atom is 0.338 e. The fraction of sp³-hybridized carbons (Fsp3) is 0.762. The normalized spacial score (nSPS) is 47.5. The molecule has 0 amide bonds. The van der Waals surface area contributed by atoms with Crippen LogP contribution in [0.2, 0.25) is 0 Å². The lowest BCUT2D eigenvalue weighted by Gasteiger charge is -2.41. The van der Waals surface area contributed by atoms with E-state index in [0.717, 1.165) is 0 Å². The van der Waals surface area contributed by atoms with Gasteiger partial charge in [-0.25, -0.2) is 4.79 Å². The number of aliphatic hydroxyl groups is 6. The molecule has 3 rings (SSSR count). The molecular weight excluding hydrogens is 412 g/mol. The second-order valence-electron chi connectivity index (χ2n) is 8.65. The van der Waals surface area contributed by atoms with Gasteiger partial charge in [0, 0.05) is 5.92 Å². The number of ether oxygens (including phenoxy) is 3. The average Bonchev–Trinajstić information content (AvgIpc) is 2.94. The minimum absolute atomic E-state index is 0.205. The Balaban J connectivity index is 1.87. The maximum atomic E-state index is 12.2. The number of carbonyl (C=O) groups excluding carboxylic acids is 1. The fourth-order valence-corrected chi connectivity index (χ4v) is 4.31. The van der Waals surface area contributed by atoms with Crippen LogP contribution in [0, 0.1) is 5.92 Å². The van der Waals surface area contributed by atoms with Crippen LogP contribution in [0.15, 0.2) is 23.3 Å². The molecule has 0 aromatic carbocycles. The summed E-state index contributed by atoms with van der Waals surface area (Å²) >= 11 is 0. The Labute approximate surface area is 180 Å². The van der Waals surface area contributed by atoms with Crippen molar-refractivity contribution in [3.8, 4) is 0 Å². The third-order valence-electron chi connectivity index (χ3n) is 6.46. The summed E-state index contributed by atoms with van der Waals surface area (Å²) in [5.41, 5.74) is -0.326. The van der Waals surface area contributed by atoms with Gasteiger partial charge in [0.2, 0.25) is 0 Å². The Bertz CT molecular complexity index is 715. The number of hydrogen-bond donors (Lipinski definition) is 6. The van der Waals surface area contributed by atoms with Gasteiger partial charge in [-0.3, -0.25) is 0 Å². The fourth-order valence-electron chi connectivity index (χ4n) is 4.31. The standard InChI is InChI=1S/C21H32O10/c1-10-7-14-12(21(2,28)20(27)31-14)5-3-11(8-22)4-6-13(10)29-19-18(26)17(25)16(24)15(9-23)30-19/h4,7,12-19,22-26,28H,3,5-6,8-9H2,1-2H3/b10-7+,11-4+/t12-,13+,14-,15-,16-,17+,18-,19-,21-/m1/s1. The van der Waals surface area contributed by atoms with Crippen LogP contribution in [0.25, 0.3) is 0 Å². The van der Waals surface area contributed by atoms with E-state index in [-0.39, 0.29) is 6.61 Å². The van der Waals surface area contributed by atoms with Gasteiger partial charge in [-0.05, 0) is 50.3 Å². The van der Waals surface area contributed by atoms with Gasteiger partial charge >= 0.3 is 5.97 Å². The molecule has 2 aliphatic heterocycles. The van der Waals surface area contributed by atoms with Crippen LogP contribution in [0.1, 0.15) is 33.1 Å². The lowest BCUT2D eigenvalue weighted by molar-refractivity contribution is -0.308. The summed E-state index contributed by atoms with van der Waals surface area (Å²) in [5.74, 6) is -1.23. The second kappa shape index (κ2) is 9.63. The molecule has 0 aromatic rings. The molecule has 10 nitrogen and oxygen atoms in total. The van der Waals surface area contributed by atoms with Gasteiger partial charge in [-0.2, -0.15) is 0 Å². The van der Waals surface area contributed by atoms with E-state index in [2.05, 4.69) is 0 Å². The van der Waals surface area contributed by atoms with E-state index in [0.29, 0.717) is 30.4 Å². The van der Waals surface area contributed by atoms with Gasteiger partial charge in [-0.1, -0.05) is 6.08 Å². The van der Waals surface area contributed by atoms with Crippen molar-refractivity contribution in [2.75, 3.05) is 13.2 Å². The highest BCUT2D eigenvalue weighted by Gasteiger charge is 2.52. The third kappa shape index (κ3) is 4.86. The number of rotatable bonds is 4. The van der Waals surface area contributed by atoms with Crippen molar-refractivity contribution in [3.63, 3.8) is 0 Å². The van der Waals surface area contributed by atoms with Crippen LogP contribution >= 0.6 is 0 Å². The number of hydrogen-bond acceptors (Lipinski definition) is 10. The van der Waals surface area contributed by atoms with E-state index < -0.39 is 67.0 Å². The summed E-state index contributed by atoms with van der Waals surface area (Å²) in [6, 6.07) is 0. The Morgan fingerprint density at radius 3 is 2.55 bits per heavy atom. The summed E-state index contributed by atoms with van der Waals surface area (Å²) in [4.78, 5) is 12.2. The molecule has 0 aromatic heterocycles. The van der Waals surface area contributed by atoms with Crippen LogP contribution in [0.4, 0.5) is 0 Å². The van der Waals surface area contributed by atoms with Crippen molar-refractivity contribution in [1.29, 1.82) is 0 Å². The van der Waals surface area contributed by atoms with Crippen LogP contribution in [-0.4, -0.2) is 98.3 Å². The molecule has 10 heteroatoms. The molecule has 0 saturated carbocycles. The number of esters is 1. The quantitative estimate of drug-likeness (QED) is 0.222. The molecule has 176 valence electrons. The van der Waals surface area contributed by atoms with Gasteiger partial charge in [-0.15, -0.1) is 0 Å². The molecule has 0 radical (unpaired) electrons. The monoisotopic (exact) mass is 444 g/mol. The predicted molar refractivity (Wildman–Crippen MR) is 105 cm³/mol. The van der Waals surface area contributed by atoms with Crippen molar-refractivity contribution in [2.24, 2.45) is 5.92 Å². The summed E-state index contributed by atoms with van der Waals surface area (Å²) in [5, 5.41) is 60.0. The molecule has 0 unspecified atom stereocenters. The molecule has 0 bridgehead atoms. The highest BCUT2D eigenvalue weighted by molar-refractivity contribution is 5.82. The zero-order chi connectivity index (χ0) is 22.9. The molecule has 31 heavy (non-hydrogen) atoms. The second-order valence-corrected chi connectivity index (χ2v) is 8.65. The maximum absolute atomic E-state index is 12.2. The van der Waals surface area contributed by atoms with E-state index in [1.807, 2.05) is 0 Å². The van der Waals surface area contributed by atoms with Gasteiger partial charge < -0.3 is 44.8 Å². The first-order valence-corrected chi connectivity index (χ1v) is 10.5. The Morgan fingerprint density at radius 1 is 1.19 bits per heavy atom. The Kier molecular flexibility index (Phi) is 7.54.